The summed E-state index contributed by atoms with van der Waals surface area (Å²) in [5.74, 6) is 1.90. The minimum atomic E-state index is 0.0556. The van der Waals surface area contributed by atoms with Crippen molar-refractivity contribution in [3.8, 4) is 5.75 Å². The Morgan fingerprint density at radius 3 is 2.41 bits per heavy atom. The maximum absolute atomic E-state index is 6.29. The van der Waals surface area contributed by atoms with E-state index in [9.17, 15) is 0 Å². The zero-order chi connectivity index (χ0) is 13.0. The van der Waals surface area contributed by atoms with Crippen LogP contribution < -0.4 is 10.5 Å². The van der Waals surface area contributed by atoms with Crippen molar-refractivity contribution in [1.29, 1.82) is 0 Å². The smallest absolute Gasteiger partial charge is 0.120 e. The van der Waals surface area contributed by atoms with Gasteiger partial charge in [-0.25, -0.2) is 0 Å². The third-order valence-corrected chi connectivity index (χ3v) is 3.95. The lowest BCUT2D eigenvalue weighted by Crippen LogP contribution is -2.23. The van der Waals surface area contributed by atoms with Crippen molar-refractivity contribution in [2.75, 3.05) is 6.61 Å². The highest BCUT2D eigenvalue weighted by atomic mass is 79.9. The maximum Gasteiger partial charge on any atom is 0.120 e. The second kappa shape index (κ2) is 6.41. The van der Waals surface area contributed by atoms with Crippen LogP contribution in [0.3, 0.4) is 0 Å². The number of rotatable bonds is 5. The van der Waals surface area contributed by atoms with Crippen LogP contribution in [0, 0.1) is 11.8 Å². The lowest BCUT2D eigenvalue weighted by Gasteiger charge is -2.24. The van der Waals surface area contributed by atoms with E-state index in [1.807, 2.05) is 19.1 Å². The molecule has 0 radical (unpaired) electrons. The van der Waals surface area contributed by atoms with E-state index in [2.05, 4.69) is 42.8 Å². The molecule has 0 bridgehead atoms. The average Bonchev–Trinajstić information content (AvgIpc) is 2.27. The Kier molecular flexibility index (Phi) is 5.47. The van der Waals surface area contributed by atoms with E-state index in [0.29, 0.717) is 18.4 Å². The molecule has 0 aliphatic carbocycles. The summed E-state index contributed by atoms with van der Waals surface area (Å²) in [6.07, 6.45) is 0. The maximum atomic E-state index is 6.29. The predicted molar refractivity (Wildman–Crippen MR) is 76.2 cm³/mol. The van der Waals surface area contributed by atoms with Crippen LogP contribution in [0.4, 0.5) is 0 Å². The number of halogens is 1. The summed E-state index contributed by atoms with van der Waals surface area (Å²) < 4.78 is 6.49. The first kappa shape index (κ1) is 14.5. The van der Waals surface area contributed by atoms with Gasteiger partial charge in [0.15, 0.2) is 0 Å². The van der Waals surface area contributed by atoms with Crippen LogP contribution in [0.2, 0.25) is 0 Å². The normalized spacial score (nSPS) is 14.8. The molecule has 0 spiro atoms. The van der Waals surface area contributed by atoms with E-state index in [1.165, 1.54) is 0 Å². The Balaban J connectivity index is 2.91. The minimum Gasteiger partial charge on any atom is -0.494 e. The SMILES string of the molecule is CCOc1ccc(C(N)C(C)C(C)C)c(Br)c1. The average molecular weight is 300 g/mol. The monoisotopic (exact) mass is 299 g/mol. The molecular weight excluding hydrogens is 278 g/mol. The van der Waals surface area contributed by atoms with Gasteiger partial charge in [-0.3, -0.25) is 0 Å². The zero-order valence-electron chi connectivity index (χ0n) is 11.0. The Labute approximate surface area is 113 Å². The van der Waals surface area contributed by atoms with Crippen molar-refractivity contribution in [3.63, 3.8) is 0 Å². The van der Waals surface area contributed by atoms with Crippen molar-refractivity contribution in [3.05, 3.63) is 28.2 Å². The first-order valence-corrected chi connectivity index (χ1v) is 6.94. The fourth-order valence-electron chi connectivity index (χ4n) is 1.73. The van der Waals surface area contributed by atoms with E-state index < -0.39 is 0 Å². The lowest BCUT2D eigenvalue weighted by atomic mass is 9.87. The van der Waals surface area contributed by atoms with Crippen LogP contribution in [0.25, 0.3) is 0 Å². The van der Waals surface area contributed by atoms with E-state index in [4.69, 9.17) is 10.5 Å². The minimum absolute atomic E-state index is 0.0556. The molecule has 2 N–H and O–H groups in total. The van der Waals surface area contributed by atoms with Gasteiger partial charge in [0.25, 0.3) is 0 Å². The van der Waals surface area contributed by atoms with Gasteiger partial charge in [0.05, 0.1) is 6.61 Å². The number of ether oxygens (including phenoxy) is 1. The third kappa shape index (κ3) is 3.71. The Bertz CT molecular complexity index is 365. The largest absolute Gasteiger partial charge is 0.494 e. The fourth-order valence-corrected chi connectivity index (χ4v) is 2.35. The Morgan fingerprint density at radius 2 is 1.94 bits per heavy atom. The second-order valence-electron chi connectivity index (χ2n) is 4.75. The van der Waals surface area contributed by atoms with Crippen molar-refractivity contribution in [2.24, 2.45) is 17.6 Å². The molecule has 0 fully saturated rings. The van der Waals surface area contributed by atoms with Gasteiger partial charge in [-0.05, 0) is 36.5 Å². The van der Waals surface area contributed by atoms with Crippen LogP contribution in [-0.2, 0) is 0 Å². The van der Waals surface area contributed by atoms with Gasteiger partial charge >= 0.3 is 0 Å². The summed E-state index contributed by atoms with van der Waals surface area (Å²) in [5.41, 5.74) is 7.44. The first-order valence-electron chi connectivity index (χ1n) is 6.15. The van der Waals surface area contributed by atoms with Gasteiger partial charge < -0.3 is 10.5 Å². The molecule has 2 atom stereocenters. The fraction of sp³-hybridized carbons (Fsp3) is 0.571. The van der Waals surface area contributed by atoms with Crippen molar-refractivity contribution >= 4 is 15.9 Å². The topological polar surface area (TPSA) is 35.2 Å². The van der Waals surface area contributed by atoms with E-state index in [-0.39, 0.29) is 6.04 Å². The van der Waals surface area contributed by atoms with Crippen LogP contribution in [0.5, 0.6) is 5.75 Å². The number of hydrogen-bond donors (Lipinski definition) is 1. The van der Waals surface area contributed by atoms with Crippen molar-refractivity contribution in [2.45, 2.75) is 33.7 Å². The van der Waals surface area contributed by atoms with Gasteiger partial charge in [-0.15, -0.1) is 0 Å². The van der Waals surface area contributed by atoms with Gasteiger partial charge in [0, 0.05) is 10.5 Å². The molecule has 2 nitrogen and oxygen atoms in total. The van der Waals surface area contributed by atoms with Crippen LogP contribution >= 0.6 is 15.9 Å². The van der Waals surface area contributed by atoms with E-state index >= 15 is 0 Å². The van der Waals surface area contributed by atoms with Crippen LogP contribution in [0.1, 0.15) is 39.3 Å². The van der Waals surface area contributed by atoms with Gasteiger partial charge in [0.2, 0.25) is 0 Å². The molecule has 3 heteroatoms. The lowest BCUT2D eigenvalue weighted by molar-refractivity contribution is 0.337. The second-order valence-corrected chi connectivity index (χ2v) is 5.60. The summed E-state index contributed by atoms with van der Waals surface area (Å²) in [6.45, 7) is 9.26. The molecule has 1 aromatic carbocycles. The van der Waals surface area contributed by atoms with E-state index in [0.717, 1.165) is 15.8 Å². The number of nitrogens with two attached hydrogens (primary N) is 1. The summed E-state index contributed by atoms with van der Waals surface area (Å²) >= 11 is 3.58. The molecule has 0 aliphatic heterocycles. The van der Waals surface area contributed by atoms with Gasteiger partial charge in [-0.1, -0.05) is 42.8 Å². The van der Waals surface area contributed by atoms with Crippen molar-refractivity contribution < 1.29 is 4.74 Å². The summed E-state index contributed by atoms with van der Waals surface area (Å²) in [4.78, 5) is 0. The Morgan fingerprint density at radius 1 is 1.29 bits per heavy atom. The molecule has 17 heavy (non-hydrogen) atoms. The molecule has 0 saturated carbocycles. The van der Waals surface area contributed by atoms with Crippen LogP contribution in [-0.4, -0.2) is 6.61 Å². The molecule has 0 heterocycles. The highest BCUT2D eigenvalue weighted by Gasteiger charge is 2.20. The molecule has 1 rings (SSSR count). The molecule has 0 aliphatic rings. The molecular formula is C14H22BrNO. The van der Waals surface area contributed by atoms with Crippen molar-refractivity contribution in [1.82, 2.24) is 0 Å². The summed E-state index contributed by atoms with van der Waals surface area (Å²) in [6, 6.07) is 6.08. The first-order chi connectivity index (χ1) is 7.97. The van der Waals surface area contributed by atoms with E-state index in [1.54, 1.807) is 0 Å². The molecule has 0 amide bonds. The number of benzene rings is 1. The van der Waals surface area contributed by atoms with Gasteiger partial charge in [-0.2, -0.15) is 0 Å². The quantitative estimate of drug-likeness (QED) is 0.887. The molecule has 96 valence electrons. The molecule has 0 saturated heterocycles. The summed E-state index contributed by atoms with van der Waals surface area (Å²) in [7, 11) is 0. The predicted octanol–water partition coefficient (Wildman–Crippen LogP) is 4.14. The summed E-state index contributed by atoms with van der Waals surface area (Å²) in [5, 5.41) is 0. The molecule has 2 unspecified atom stereocenters. The van der Waals surface area contributed by atoms with Gasteiger partial charge in [0.1, 0.15) is 5.75 Å². The highest BCUT2D eigenvalue weighted by Crippen LogP contribution is 2.32. The van der Waals surface area contributed by atoms with Crippen LogP contribution in [0.15, 0.2) is 22.7 Å². The highest BCUT2D eigenvalue weighted by molar-refractivity contribution is 9.10. The third-order valence-electron chi connectivity index (χ3n) is 3.26. The Hall–Kier alpha value is -0.540. The molecule has 1 aromatic rings. The number of hydrogen-bond acceptors (Lipinski definition) is 2. The standard InChI is InChI=1S/C14H22BrNO/c1-5-17-11-6-7-12(13(15)8-11)14(16)10(4)9(2)3/h6-10,14H,5,16H2,1-4H3. The zero-order valence-corrected chi connectivity index (χ0v) is 12.6. The molecule has 0 aromatic heterocycles.